The van der Waals surface area contributed by atoms with Crippen LogP contribution in [0.3, 0.4) is 0 Å². The zero-order valence-corrected chi connectivity index (χ0v) is 19.2. The predicted molar refractivity (Wildman–Crippen MR) is 122 cm³/mol. The van der Waals surface area contributed by atoms with Crippen LogP contribution < -0.4 is 5.32 Å². The molecule has 1 aliphatic heterocycles. The minimum Gasteiger partial charge on any atom is -0.338 e. The number of amides is 1. The number of piperidine rings is 1. The summed E-state index contributed by atoms with van der Waals surface area (Å²) in [5.41, 5.74) is 1.000. The van der Waals surface area contributed by atoms with E-state index in [1.54, 1.807) is 0 Å². The van der Waals surface area contributed by atoms with Gasteiger partial charge in [0.15, 0.2) is 0 Å². The van der Waals surface area contributed by atoms with Crippen molar-refractivity contribution in [3.8, 4) is 11.4 Å². The summed E-state index contributed by atoms with van der Waals surface area (Å²) in [6.45, 7) is 1.89. The number of carbonyl (C=O) groups excluding carboxylic acids is 1. The Bertz CT molecular complexity index is 1130. The number of halogens is 2. The Kier molecular flexibility index (Phi) is 6.83. The number of benzene rings is 2. The molecule has 0 radical (unpaired) electrons. The van der Waals surface area contributed by atoms with Gasteiger partial charge in [-0.3, -0.25) is 19.8 Å². The van der Waals surface area contributed by atoms with E-state index in [-0.39, 0.29) is 28.2 Å². The Labute approximate surface area is 197 Å². The molecular weight excluding hydrogens is 502 g/mol. The van der Waals surface area contributed by atoms with E-state index < -0.39 is 4.92 Å². The highest BCUT2D eigenvalue weighted by Gasteiger charge is 2.27. The number of hydrogen-bond donors (Lipinski definition) is 1. The van der Waals surface area contributed by atoms with Crippen LogP contribution in [0, 0.1) is 16.0 Å². The third kappa shape index (κ3) is 5.32. The van der Waals surface area contributed by atoms with E-state index >= 15 is 0 Å². The second kappa shape index (κ2) is 9.76. The zero-order chi connectivity index (χ0) is 22.7. The fourth-order valence-electron chi connectivity index (χ4n) is 3.54. The van der Waals surface area contributed by atoms with E-state index in [2.05, 4.69) is 36.3 Å². The first-order valence-corrected chi connectivity index (χ1v) is 11.1. The minimum atomic E-state index is -0.524. The molecule has 11 heteroatoms. The van der Waals surface area contributed by atoms with Gasteiger partial charge in [0.25, 0.3) is 5.69 Å². The van der Waals surface area contributed by atoms with Crippen molar-refractivity contribution in [2.24, 2.45) is 5.92 Å². The lowest BCUT2D eigenvalue weighted by Gasteiger charge is -2.30. The highest BCUT2D eigenvalue weighted by Crippen LogP contribution is 2.28. The summed E-state index contributed by atoms with van der Waals surface area (Å²) in [7, 11) is 0. The van der Waals surface area contributed by atoms with Gasteiger partial charge in [-0.05, 0) is 56.3 Å². The van der Waals surface area contributed by atoms with Gasteiger partial charge < -0.3 is 9.84 Å². The first kappa shape index (κ1) is 22.4. The van der Waals surface area contributed by atoms with E-state index in [9.17, 15) is 14.9 Å². The van der Waals surface area contributed by atoms with E-state index in [1.807, 2.05) is 24.3 Å². The van der Waals surface area contributed by atoms with Gasteiger partial charge in [-0.1, -0.05) is 32.7 Å². The van der Waals surface area contributed by atoms with E-state index in [1.165, 1.54) is 18.2 Å². The molecule has 2 aromatic carbocycles. The monoisotopic (exact) mass is 519 g/mol. The molecular formula is C21H19BrClN5O4. The molecule has 0 atom stereocenters. The lowest BCUT2D eigenvalue weighted by Crippen LogP contribution is -2.37. The fourth-order valence-corrected chi connectivity index (χ4v) is 3.97. The van der Waals surface area contributed by atoms with Gasteiger partial charge in [-0.2, -0.15) is 4.98 Å². The number of likely N-dealkylation sites (tertiary alicyclic amines) is 1. The number of nitrogens with zero attached hydrogens (tertiary/aromatic N) is 4. The molecule has 1 saturated heterocycles. The maximum Gasteiger partial charge on any atom is 0.271 e. The molecule has 1 aromatic heterocycles. The topological polar surface area (TPSA) is 114 Å². The summed E-state index contributed by atoms with van der Waals surface area (Å²) < 4.78 is 6.36. The summed E-state index contributed by atoms with van der Waals surface area (Å²) in [5, 5.41) is 18.0. The number of anilines is 1. The maximum absolute atomic E-state index is 12.6. The molecule has 1 aliphatic rings. The summed E-state index contributed by atoms with van der Waals surface area (Å²) >= 11 is 9.48. The molecule has 1 fully saturated rings. The van der Waals surface area contributed by atoms with Gasteiger partial charge in [0.05, 0.1) is 22.2 Å². The maximum atomic E-state index is 12.6. The number of nitro benzene ring substituents is 1. The molecule has 0 unspecified atom stereocenters. The average Bonchev–Trinajstić information content (AvgIpc) is 3.24. The quantitative estimate of drug-likeness (QED) is 0.363. The van der Waals surface area contributed by atoms with Gasteiger partial charge in [-0.25, -0.2) is 0 Å². The highest BCUT2D eigenvalue weighted by atomic mass is 79.9. The van der Waals surface area contributed by atoms with E-state index in [0.29, 0.717) is 44.2 Å². The van der Waals surface area contributed by atoms with Crippen LogP contribution in [0.15, 0.2) is 51.5 Å². The molecule has 2 heterocycles. The van der Waals surface area contributed by atoms with Crippen molar-refractivity contribution in [3.05, 3.63) is 68.0 Å². The molecule has 3 aromatic rings. The fraction of sp³-hybridized carbons (Fsp3) is 0.286. The predicted octanol–water partition coefficient (Wildman–Crippen LogP) is 4.91. The number of carbonyl (C=O) groups is 1. The third-order valence-corrected chi connectivity index (χ3v) is 6.16. The zero-order valence-electron chi connectivity index (χ0n) is 16.8. The van der Waals surface area contributed by atoms with Gasteiger partial charge in [0.1, 0.15) is 0 Å². The number of hydrogen-bond acceptors (Lipinski definition) is 7. The summed E-state index contributed by atoms with van der Waals surface area (Å²) in [5.74, 6) is 0.662. The van der Waals surface area contributed by atoms with Crippen molar-refractivity contribution < 1.29 is 14.2 Å². The van der Waals surface area contributed by atoms with Crippen molar-refractivity contribution >= 4 is 44.8 Å². The molecule has 0 spiro atoms. The SMILES string of the molecule is O=C(Nc1cc([N+](=O)[O-])ccc1Cl)C1CCN(Cc2nc(-c3ccc(Br)cc3)no2)CC1. The van der Waals surface area contributed by atoms with Crippen LogP contribution >= 0.6 is 27.5 Å². The average molecular weight is 521 g/mol. The number of aromatic nitrogens is 2. The Balaban J connectivity index is 1.31. The first-order chi connectivity index (χ1) is 15.4. The second-order valence-electron chi connectivity index (χ2n) is 7.48. The standard InChI is InChI=1S/C21H19BrClN5O4/c22-15-3-1-13(2-4-15)20-25-19(32-26-20)12-27-9-7-14(8-10-27)21(29)24-18-11-16(28(30)31)5-6-17(18)23/h1-6,11,14H,7-10,12H2,(H,24,29). The molecule has 0 bridgehead atoms. The molecule has 1 N–H and O–H groups in total. The van der Waals surface area contributed by atoms with Crippen molar-refractivity contribution in [2.45, 2.75) is 19.4 Å². The van der Waals surface area contributed by atoms with Crippen LogP contribution in [0.1, 0.15) is 18.7 Å². The lowest BCUT2D eigenvalue weighted by molar-refractivity contribution is -0.384. The summed E-state index contributed by atoms with van der Waals surface area (Å²) in [6, 6.07) is 11.6. The van der Waals surface area contributed by atoms with Crippen LogP contribution in [0.25, 0.3) is 11.4 Å². The number of nitro groups is 1. The van der Waals surface area contributed by atoms with Crippen molar-refractivity contribution in [2.75, 3.05) is 18.4 Å². The van der Waals surface area contributed by atoms with Crippen LogP contribution in [0.2, 0.25) is 5.02 Å². The number of non-ortho nitro benzene ring substituents is 1. The second-order valence-corrected chi connectivity index (χ2v) is 8.80. The van der Waals surface area contributed by atoms with Crippen LogP contribution in [0.5, 0.6) is 0 Å². The van der Waals surface area contributed by atoms with Gasteiger partial charge in [0.2, 0.25) is 17.6 Å². The van der Waals surface area contributed by atoms with Crippen molar-refractivity contribution in [3.63, 3.8) is 0 Å². The number of nitrogens with one attached hydrogen (secondary N) is 1. The van der Waals surface area contributed by atoms with Crippen molar-refractivity contribution in [1.82, 2.24) is 15.0 Å². The van der Waals surface area contributed by atoms with Gasteiger partial charge in [0, 0.05) is 28.1 Å². The Hall–Kier alpha value is -2.82. The summed E-state index contributed by atoms with van der Waals surface area (Å²) in [4.78, 5) is 29.7. The Morgan fingerprint density at radius 1 is 1.25 bits per heavy atom. The molecule has 166 valence electrons. The molecule has 0 saturated carbocycles. The third-order valence-electron chi connectivity index (χ3n) is 5.31. The van der Waals surface area contributed by atoms with Crippen LogP contribution in [0.4, 0.5) is 11.4 Å². The van der Waals surface area contributed by atoms with Gasteiger partial charge >= 0.3 is 0 Å². The van der Waals surface area contributed by atoms with Crippen LogP contribution in [-0.4, -0.2) is 39.0 Å². The minimum absolute atomic E-state index is 0.124. The summed E-state index contributed by atoms with van der Waals surface area (Å²) in [6.07, 6.45) is 1.29. The smallest absolute Gasteiger partial charge is 0.271 e. The first-order valence-electron chi connectivity index (χ1n) is 9.95. The normalized spacial score (nSPS) is 14.9. The molecule has 32 heavy (non-hydrogen) atoms. The van der Waals surface area contributed by atoms with E-state index in [4.69, 9.17) is 16.1 Å². The molecule has 0 aliphatic carbocycles. The van der Waals surface area contributed by atoms with Gasteiger partial charge in [-0.15, -0.1) is 0 Å². The van der Waals surface area contributed by atoms with Crippen molar-refractivity contribution in [1.29, 1.82) is 0 Å². The number of rotatable bonds is 6. The largest absolute Gasteiger partial charge is 0.338 e. The molecule has 4 rings (SSSR count). The Morgan fingerprint density at radius 3 is 2.66 bits per heavy atom. The highest BCUT2D eigenvalue weighted by molar-refractivity contribution is 9.10. The molecule has 1 amide bonds. The van der Waals surface area contributed by atoms with E-state index in [0.717, 1.165) is 10.0 Å². The lowest BCUT2D eigenvalue weighted by atomic mass is 9.96. The van der Waals surface area contributed by atoms with Crippen LogP contribution in [-0.2, 0) is 11.3 Å². The Morgan fingerprint density at radius 2 is 1.97 bits per heavy atom. The molecule has 9 nitrogen and oxygen atoms in total.